The number of aryl methyl sites for hydroxylation is 2. The smallest absolute Gasteiger partial charge is 0.247 e. The highest BCUT2D eigenvalue weighted by molar-refractivity contribution is 9.10. The molecule has 3 aromatic heterocycles. The molecule has 0 aromatic carbocycles. The number of fused-ring (bicyclic) bond motifs is 1. The van der Waals surface area contributed by atoms with Crippen LogP contribution in [0.1, 0.15) is 5.69 Å². The summed E-state index contributed by atoms with van der Waals surface area (Å²) in [4.78, 5) is 4.38. The summed E-state index contributed by atoms with van der Waals surface area (Å²) in [6.07, 6.45) is 3.76. The fraction of sp³-hybridized carbons (Fsp3) is 0.182. The standard InChI is InChI=1S/C11H11BrN6/c1-7-9(6-17(2)15-7)13-11-14-10-4-3-8(12)5-18(10)16-11/h3-6H,1-2H3,(H,13,16). The molecule has 0 bridgehead atoms. The summed E-state index contributed by atoms with van der Waals surface area (Å²) in [5.41, 5.74) is 2.62. The molecule has 1 N–H and O–H groups in total. The topological polar surface area (TPSA) is 60.0 Å². The molecular formula is C11H11BrN6. The van der Waals surface area contributed by atoms with Crippen molar-refractivity contribution in [2.24, 2.45) is 7.05 Å². The van der Waals surface area contributed by atoms with E-state index in [-0.39, 0.29) is 0 Å². The van der Waals surface area contributed by atoms with E-state index in [1.165, 1.54) is 0 Å². The van der Waals surface area contributed by atoms with E-state index in [0.29, 0.717) is 5.95 Å². The lowest BCUT2D eigenvalue weighted by Crippen LogP contribution is -1.93. The number of nitrogens with zero attached hydrogens (tertiary/aromatic N) is 5. The van der Waals surface area contributed by atoms with Gasteiger partial charge in [0.25, 0.3) is 0 Å². The molecule has 3 rings (SSSR count). The molecule has 0 aliphatic heterocycles. The maximum Gasteiger partial charge on any atom is 0.247 e. The first-order chi connectivity index (χ1) is 8.61. The van der Waals surface area contributed by atoms with Gasteiger partial charge < -0.3 is 5.32 Å². The van der Waals surface area contributed by atoms with Gasteiger partial charge in [0.1, 0.15) is 0 Å². The van der Waals surface area contributed by atoms with Gasteiger partial charge in [-0.3, -0.25) is 4.68 Å². The van der Waals surface area contributed by atoms with Crippen molar-refractivity contribution in [3.8, 4) is 0 Å². The number of hydrogen-bond acceptors (Lipinski definition) is 4. The fourth-order valence-corrected chi connectivity index (χ4v) is 2.08. The van der Waals surface area contributed by atoms with E-state index >= 15 is 0 Å². The van der Waals surface area contributed by atoms with Gasteiger partial charge in [0.05, 0.1) is 11.4 Å². The molecule has 18 heavy (non-hydrogen) atoms. The lowest BCUT2D eigenvalue weighted by Gasteiger charge is -1.96. The number of anilines is 2. The average Bonchev–Trinajstić information content (AvgIpc) is 2.82. The molecule has 0 radical (unpaired) electrons. The Balaban J connectivity index is 1.97. The van der Waals surface area contributed by atoms with Crippen molar-refractivity contribution >= 4 is 33.2 Å². The molecule has 0 unspecified atom stereocenters. The molecule has 6 nitrogen and oxygen atoms in total. The summed E-state index contributed by atoms with van der Waals surface area (Å²) in [6.45, 7) is 1.94. The highest BCUT2D eigenvalue weighted by Gasteiger charge is 2.07. The number of hydrogen-bond donors (Lipinski definition) is 1. The monoisotopic (exact) mass is 306 g/mol. The Bertz CT molecular complexity index is 713. The third-order valence-corrected chi connectivity index (χ3v) is 3.02. The minimum Gasteiger partial charge on any atom is -0.320 e. The summed E-state index contributed by atoms with van der Waals surface area (Å²) in [7, 11) is 1.88. The van der Waals surface area contributed by atoms with Crippen molar-refractivity contribution in [3.05, 3.63) is 34.7 Å². The normalized spacial score (nSPS) is 11.1. The molecule has 92 valence electrons. The zero-order chi connectivity index (χ0) is 12.7. The van der Waals surface area contributed by atoms with Gasteiger partial charge in [-0.05, 0) is 35.0 Å². The van der Waals surface area contributed by atoms with E-state index in [2.05, 4.69) is 36.4 Å². The Morgan fingerprint density at radius 3 is 2.78 bits per heavy atom. The second-order valence-electron chi connectivity index (χ2n) is 4.01. The molecular weight excluding hydrogens is 296 g/mol. The summed E-state index contributed by atoms with van der Waals surface area (Å²) in [6, 6.07) is 3.83. The number of pyridine rings is 1. The Morgan fingerprint density at radius 2 is 2.06 bits per heavy atom. The molecule has 0 atom stereocenters. The highest BCUT2D eigenvalue weighted by atomic mass is 79.9. The largest absolute Gasteiger partial charge is 0.320 e. The highest BCUT2D eigenvalue weighted by Crippen LogP contribution is 2.18. The maximum absolute atomic E-state index is 4.38. The molecule has 0 saturated heterocycles. The zero-order valence-corrected chi connectivity index (χ0v) is 11.5. The van der Waals surface area contributed by atoms with Crippen molar-refractivity contribution in [1.82, 2.24) is 24.4 Å². The van der Waals surface area contributed by atoms with Crippen LogP contribution < -0.4 is 5.32 Å². The van der Waals surface area contributed by atoms with Crippen LogP contribution in [0.15, 0.2) is 29.0 Å². The molecule has 0 saturated carbocycles. The quantitative estimate of drug-likeness (QED) is 0.789. The summed E-state index contributed by atoms with van der Waals surface area (Å²) in [5.74, 6) is 0.559. The van der Waals surface area contributed by atoms with Crippen LogP contribution in [-0.2, 0) is 7.05 Å². The second kappa shape index (κ2) is 4.09. The molecule has 0 aliphatic rings. The van der Waals surface area contributed by atoms with Crippen LogP contribution in [0.2, 0.25) is 0 Å². The fourth-order valence-electron chi connectivity index (χ4n) is 1.75. The number of rotatable bonds is 2. The molecule has 3 aromatic rings. The van der Waals surface area contributed by atoms with Crippen LogP contribution in [0.5, 0.6) is 0 Å². The average molecular weight is 307 g/mol. The van der Waals surface area contributed by atoms with E-state index in [1.807, 2.05) is 38.5 Å². The van der Waals surface area contributed by atoms with Crippen LogP contribution in [0, 0.1) is 6.92 Å². The SMILES string of the molecule is Cc1nn(C)cc1Nc1nc2ccc(Br)cn2n1. The zero-order valence-electron chi connectivity index (χ0n) is 9.92. The molecule has 7 heteroatoms. The first-order valence-corrected chi connectivity index (χ1v) is 6.20. The number of nitrogens with one attached hydrogen (secondary N) is 1. The van der Waals surface area contributed by atoms with E-state index < -0.39 is 0 Å². The Hall–Kier alpha value is -1.89. The predicted molar refractivity (Wildman–Crippen MR) is 71.9 cm³/mol. The van der Waals surface area contributed by atoms with Crippen molar-refractivity contribution < 1.29 is 0 Å². The van der Waals surface area contributed by atoms with Gasteiger partial charge in [-0.25, -0.2) is 4.52 Å². The van der Waals surface area contributed by atoms with E-state index in [4.69, 9.17) is 0 Å². The Kier molecular flexibility index (Phi) is 2.55. The number of halogens is 1. The van der Waals surface area contributed by atoms with Crippen LogP contribution in [0.25, 0.3) is 5.65 Å². The molecule has 0 spiro atoms. The summed E-state index contributed by atoms with van der Waals surface area (Å²) in [5, 5.41) is 11.8. The van der Waals surface area contributed by atoms with Crippen molar-refractivity contribution in [2.75, 3.05) is 5.32 Å². The van der Waals surface area contributed by atoms with Crippen molar-refractivity contribution in [3.63, 3.8) is 0 Å². The minimum atomic E-state index is 0.559. The summed E-state index contributed by atoms with van der Waals surface area (Å²) >= 11 is 3.40. The first kappa shape index (κ1) is 11.2. The van der Waals surface area contributed by atoms with Gasteiger partial charge in [-0.1, -0.05) is 0 Å². The lowest BCUT2D eigenvalue weighted by atomic mass is 10.4. The third-order valence-electron chi connectivity index (χ3n) is 2.55. The van der Waals surface area contributed by atoms with Crippen LogP contribution >= 0.6 is 15.9 Å². The Morgan fingerprint density at radius 1 is 1.22 bits per heavy atom. The second-order valence-corrected chi connectivity index (χ2v) is 4.93. The molecule has 3 heterocycles. The first-order valence-electron chi connectivity index (χ1n) is 5.41. The lowest BCUT2D eigenvalue weighted by molar-refractivity contribution is 0.756. The van der Waals surface area contributed by atoms with Crippen LogP contribution in [0.4, 0.5) is 11.6 Å². The molecule has 0 amide bonds. The Labute approximate surface area is 112 Å². The summed E-state index contributed by atoms with van der Waals surface area (Å²) < 4.78 is 4.44. The van der Waals surface area contributed by atoms with Gasteiger partial charge >= 0.3 is 0 Å². The van der Waals surface area contributed by atoms with Gasteiger partial charge in [-0.2, -0.15) is 10.1 Å². The van der Waals surface area contributed by atoms with E-state index in [1.54, 1.807) is 9.20 Å². The van der Waals surface area contributed by atoms with Crippen molar-refractivity contribution in [2.45, 2.75) is 6.92 Å². The van der Waals surface area contributed by atoms with Gasteiger partial charge in [0, 0.05) is 23.9 Å². The predicted octanol–water partition coefficient (Wildman–Crippen LogP) is 2.28. The number of aromatic nitrogens is 5. The van der Waals surface area contributed by atoms with Gasteiger partial charge in [0.2, 0.25) is 5.95 Å². The van der Waals surface area contributed by atoms with E-state index in [0.717, 1.165) is 21.5 Å². The van der Waals surface area contributed by atoms with Crippen LogP contribution in [-0.4, -0.2) is 24.4 Å². The van der Waals surface area contributed by atoms with Crippen molar-refractivity contribution in [1.29, 1.82) is 0 Å². The van der Waals surface area contributed by atoms with Crippen LogP contribution in [0.3, 0.4) is 0 Å². The van der Waals surface area contributed by atoms with Gasteiger partial charge in [-0.15, -0.1) is 5.10 Å². The molecule has 0 fully saturated rings. The van der Waals surface area contributed by atoms with Gasteiger partial charge in [0.15, 0.2) is 5.65 Å². The molecule has 0 aliphatic carbocycles. The third kappa shape index (κ3) is 1.97. The minimum absolute atomic E-state index is 0.559. The van der Waals surface area contributed by atoms with E-state index in [9.17, 15) is 0 Å². The maximum atomic E-state index is 4.38.